The molecule has 0 radical (unpaired) electrons. The number of benzene rings is 1. The molecule has 1 aromatic rings. The van der Waals surface area contributed by atoms with E-state index in [4.69, 9.17) is 0 Å². The van der Waals surface area contributed by atoms with Gasteiger partial charge in [-0.25, -0.2) is 0 Å². The summed E-state index contributed by atoms with van der Waals surface area (Å²) in [5.41, 5.74) is 4.39. The fraction of sp³-hybridized carbons (Fsp3) is 0.625. The molecule has 1 heteroatoms. The lowest BCUT2D eigenvalue weighted by atomic mass is 9.89. The molecule has 0 aliphatic heterocycles. The third kappa shape index (κ3) is 3.57. The van der Waals surface area contributed by atoms with Gasteiger partial charge in [0.2, 0.25) is 0 Å². The fourth-order valence-electron chi connectivity index (χ4n) is 2.26. The van der Waals surface area contributed by atoms with Crippen molar-refractivity contribution in [2.75, 3.05) is 6.54 Å². The molecule has 1 nitrogen and oxygen atoms in total. The monoisotopic (exact) mass is 233 g/mol. The average Bonchev–Trinajstić information content (AvgIpc) is 2.28. The Bertz CT molecular complexity index is 353. The van der Waals surface area contributed by atoms with E-state index in [2.05, 4.69) is 65.1 Å². The molecule has 1 N–H and O–H groups in total. The zero-order valence-electron chi connectivity index (χ0n) is 12.2. The van der Waals surface area contributed by atoms with Crippen LogP contribution in [0.15, 0.2) is 18.2 Å². The van der Waals surface area contributed by atoms with Gasteiger partial charge in [0.25, 0.3) is 0 Å². The zero-order valence-corrected chi connectivity index (χ0v) is 12.2. The van der Waals surface area contributed by atoms with E-state index in [-0.39, 0.29) is 0 Å². The molecule has 1 atom stereocenters. The normalized spacial score (nSPS) is 13.4. The van der Waals surface area contributed by atoms with Gasteiger partial charge in [0, 0.05) is 6.04 Å². The van der Waals surface area contributed by atoms with E-state index in [1.807, 2.05) is 0 Å². The van der Waals surface area contributed by atoms with Gasteiger partial charge in [-0.3, -0.25) is 0 Å². The zero-order chi connectivity index (χ0) is 13.0. The predicted molar refractivity (Wildman–Crippen MR) is 76.7 cm³/mol. The number of hydrogen-bond acceptors (Lipinski definition) is 1. The largest absolute Gasteiger partial charge is 0.310 e. The molecule has 1 unspecified atom stereocenters. The van der Waals surface area contributed by atoms with E-state index in [1.165, 1.54) is 16.7 Å². The van der Waals surface area contributed by atoms with Crippen LogP contribution in [0.3, 0.4) is 0 Å². The molecular formula is C16H27N. The highest BCUT2D eigenvalue weighted by Gasteiger charge is 2.13. The lowest BCUT2D eigenvalue weighted by molar-refractivity contribution is 0.588. The van der Waals surface area contributed by atoms with Crippen LogP contribution < -0.4 is 5.32 Å². The Morgan fingerprint density at radius 2 is 1.59 bits per heavy atom. The second kappa shape index (κ2) is 6.20. The van der Waals surface area contributed by atoms with Gasteiger partial charge in [0.1, 0.15) is 0 Å². The number of hydrogen-bond donors (Lipinski definition) is 1. The Morgan fingerprint density at radius 3 is 2.06 bits per heavy atom. The first-order valence-corrected chi connectivity index (χ1v) is 6.84. The van der Waals surface area contributed by atoms with Gasteiger partial charge in [-0.05, 0) is 42.0 Å². The summed E-state index contributed by atoms with van der Waals surface area (Å²) in [4.78, 5) is 0. The van der Waals surface area contributed by atoms with Gasteiger partial charge in [-0.2, -0.15) is 0 Å². The predicted octanol–water partition coefficient (Wildman–Crippen LogP) is 4.60. The highest BCUT2D eigenvalue weighted by Crippen LogP contribution is 2.28. The molecule has 0 aliphatic carbocycles. The standard InChI is InChI=1S/C16H27N/c1-7-17-13(6)15-9-8-14(11(2)3)10-16(15)12(4)5/h8-13,17H,7H2,1-6H3. The van der Waals surface area contributed by atoms with Crippen molar-refractivity contribution in [3.8, 4) is 0 Å². The SMILES string of the molecule is CCNC(C)c1ccc(C(C)C)cc1C(C)C. The van der Waals surface area contributed by atoms with Crippen LogP contribution in [0, 0.1) is 0 Å². The van der Waals surface area contributed by atoms with E-state index in [9.17, 15) is 0 Å². The summed E-state index contributed by atoms with van der Waals surface area (Å²) in [6.07, 6.45) is 0. The molecular weight excluding hydrogens is 206 g/mol. The Hall–Kier alpha value is -0.820. The molecule has 0 saturated carbocycles. The van der Waals surface area contributed by atoms with E-state index < -0.39 is 0 Å². The Labute approximate surface area is 107 Å². The molecule has 0 aliphatic rings. The van der Waals surface area contributed by atoms with Crippen LogP contribution in [0.5, 0.6) is 0 Å². The maximum absolute atomic E-state index is 3.51. The van der Waals surface area contributed by atoms with Crippen molar-refractivity contribution in [1.29, 1.82) is 0 Å². The van der Waals surface area contributed by atoms with Gasteiger partial charge in [0.15, 0.2) is 0 Å². The van der Waals surface area contributed by atoms with Crippen molar-refractivity contribution in [3.63, 3.8) is 0 Å². The summed E-state index contributed by atoms with van der Waals surface area (Å²) < 4.78 is 0. The molecule has 0 amide bonds. The molecule has 1 rings (SSSR count). The molecule has 0 bridgehead atoms. The highest BCUT2D eigenvalue weighted by atomic mass is 14.9. The second-order valence-electron chi connectivity index (χ2n) is 5.48. The summed E-state index contributed by atoms with van der Waals surface area (Å²) in [5, 5.41) is 3.51. The van der Waals surface area contributed by atoms with Crippen LogP contribution in [-0.2, 0) is 0 Å². The van der Waals surface area contributed by atoms with Gasteiger partial charge in [-0.1, -0.05) is 52.8 Å². The molecule has 0 fully saturated rings. The minimum absolute atomic E-state index is 0.443. The first kappa shape index (κ1) is 14.2. The lowest BCUT2D eigenvalue weighted by Gasteiger charge is -2.21. The van der Waals surface area contributed by atoms with Gasteiger partial charge in [-0.15, -0.1) is 0 Å². The van der Waals surface area contributed by atoms with Crippen molar-refractivity contribution in [2.24, 2.45) is 0 Å². The summed E-state index contributed by atoms with van der Waals surface area (Å²) in [5.74, 6) is 1.20. The summed E-state index contributed by atoms with van der Waals surface area (Å²) in [6.45, 7) is 14.5. The number of rotatable bonds is 5. The van der Waals surface area contributed by atoms with E-state index in [1.54, 1.807) is 0 Å². The van der Waals surface area contributed by atoms with Gasteiger partial charge < -0.3 is 5.32 Å². The van der Waals surface area contributed by atoms with Gasteiger partial charge >= 0.3 is 0 Å². The quantitative estimate of drug-likeness (QED) is 0.783. The lowest BCUT2D eigenvalue weighted by Crippen LogP contribution is -2.19. The Morgan fingerprint density at radius 1 is 0.941 bits per heavy atom. The molecule has 0 saturated heterocycles. The highest BCUT2D eigenvalue weighted by molar-refractivity contribution is 5.37. The van der Waals surface area contributed by atoms with Crippen molar-refractivity contribution in [1.82, 2.24) is 5.32 Å². The summed E-state index contributed by atoms with van der Waals surface area (Å²) in [6, 6.07) is 7.41. The molecule has 0 aromatic heterocycles. The van der Waals surface area contributed by atoms with Crippen LogP contribution in [0.2, 0.25) is 0 Å². The van der Waals surface area contributed by atoms with Crippen LogP contribution >= 0.6 is 0 Å². The smallest absolute Gasteiger partial charge is 0.0294 e. The molecule has 96 valence electrons. The maximum atomic E-state index is 3.51. The van der Waals surface area contributed by atoms with Crippen molar-refractivity contribution in [3.05, 3.63) is 34.9 Å². The van der Waals surface area contributed by atoms with Crippen molar-refractivity contribution in [2.45, 2.75) is 59.4 Å². The fourth-order valence-corrected chi connectivity index (χ4v) is 2.26. The molecule has 1 aromatic carbocycles. The second-order valence-corrected chi connectivity index (χ2v) is 5.48. The van der Waals surface area contributed by atoms with E-state index in [0.717, 1.165) is 6.54 Å². The van der Waals surface area contributed by atoms with Crippen LogP contribution in [0.1, 0.15) is 76.1 Å². The molecule has 0 heterocycles. The molecule has 0 spiro atoms. The first-order chi connectivity index (χ1) is 7.97. The Kier molecular flexibility index (Phi) is 5.20. The third-order valence-corrected chi connectivity index (χ3v) is 3.38. The molecule has 17 heavy (non-hydrogen) atoms. The summed E-state index contributed by atoms with van der Waals surface area (Å²) >= 11 is 0. The minimum Gasteiger partial charge on any atom is -0.310 e. The van der Waals surface area contributed by atoms with Crippen molar-refractivity contribution < 1.29 is 0 Å². The minimum atomic E-state index is 0.443. The third-order valence-electron chi connectivity index (χ3n) is 3.38. The average molecular weight is 233 g/mol. The summed E-state index contributed by atoms with van der Waals surface area (Å²) in [7, 11) is 0. The van der Waals surface area contributed by atoms with Crippen LogP contribution in [0.25, 0.3) is 0 Å². The van der Waals surface area contributed by atoms with E-state index in [0.29, 0.717) is 17.9 Å². The van der Waals surface area contributed by atoms with Crippen LogP contribution in [-0.4, -0.2) is 6.54 Å². The van der Waals surface area contributed by atoms with Crippen LogP contribution in [0.4, 0.5) is 0 Å². The van der Waals surface area contributed by atoms with Gasteiger partial charge in [0.05, 0.1) is 0 Å². The topological polar surface area (TPSA) is 12.0 Å². The number of nitrogens with one attached hydrogen (secondary N) is 1. The first-order valence-electron chi connectivity index (χ1n) is 6.84. The Balaban J connectivity index is 3.12. The van der Waals surface area contributed by atoms with Crippen molar-refractivity contribution >= 4 is 0 Å². The van der Waals surface area contributed by atoms with E-state index >= 15 is 0 Å². The maximum Gasteiger partial charge on any atom is 0.0294 e.